The number of nitrogens with zero attached hydrogens (tertiary/aromatic N) is 3. The van der Waals surface area contributed by atoms with Crippen LogP contribution in [-0.2, 0) is 16.2 Å². The number of halogens is 3. The SMILES string of the molecule is O=S(=O)(c1cccc2cccnc12)n1ccc2nc(C(F)(F)F)ccc21. The molecule has 5 nitrogen and oxygen atoms in total. The Morgan fingerprint density at radius 1 is 0.962 bits per heavy atom. The highest BCUT2D eigenvalue weighted by Crippen LogP contribution is 2.31. The summed E-state index contributed by atoms with van der Waals surface area (Å²) >= 11 is 0. The third-order valence-corrected chi connectivity index (χ3v) is 5.65. The lowest BCUT2D eigenvalue weighted by Gasteiger charge is -2.10. The molecule has 4 aromatic rings. The summed E-state index contributed by atoms with van der Waals surface area (Å²) in [5.74, 6) is 0. The highest BCUT2D eigenvalue weighted by Gasteiger charge is 2.33. The zero-order chi connectivity index (χ0) is 18.5. The van der Waals surface area contributed by atoms with E-state index in [4.69, 9.17) is 0 Å². The topological polar surface area (TPSA) is 64.8 Å². The fourth-order valence-corrected chi connectivity index (χ4v) is 4.26. The smallest absolute Gasteiger partial charge is 0.255 e. The molecule has 0 aliphatic heterocycles. The molecule has 3 heterocycles. The lowest BCUT2D eigenvalue weighted by molar-refractivity contribution is -0.140. The van der Waals surface area contributed by atoms with Crippen molar-refractivity contribution in [1.82, 2.24) is 13.9 Å². The van der Waals surface area contributed by atoms with Gasteiger partial charge in [-0.2, -0.15) is 13.2 Å². The quantitative estimate of drug-likeness (QED) is 0.532. The maximum absolute atomic E-state index is 13.1. The number of aromatic nitrogens is 3. The summed E-state index contributed by atoms with van der Waals surface area (Å²) < 4.78 is 65.5. The molecule has 9 heteroatoms. The molecule has 0 radical (unpaired) electrons. The van der Waals surface area contributed by atoms with Crippen LogP contribution in [0.1, 0.15) is 5.69 Å². The van der Waals surface area contributed by atoms with Crippen LogP contribution in [0.3, 0.4) is 0 Å². The first-order valence-corrected chi connectivity index (χ1v) is 8.87. The van der Waals surface area contributed by atoms with Gasteiger partial charge in [0, 0.05) is 17.8 Å². The van der Waals surface area contributed by atoms with E-state index in [1.165, 1.54) is 24.5 Å². The van der Waals surface area contributed by atoms with E-state index in [0.29, 0.717) is 5.39 Å². The van der Waals surface area contributed by atoms with E-state index in [1.807, 2.05) is 0 Å². The van der Waals surface area contributed by atoms with Gasteiger partial charge in [-0.3, -0.25) is 4.98 Å². The minimum Gasteiger partial charge on any atom is -0.255 e. The van der Waals surface area contributed by atoms with Crippen LogP contribution in [-0.4, -0.2) is 22.4 Å². The van der Waals surface area contributed by atoms with Crippen molar-refractivity contribution in [3.8, 4) is 0 Å². The predicted octanol–water partition coefficient (Wildman–Crippen LogP) is 3.84. The molecular formula is C17H10F3N3O2S. The van der Waals surface area contributed by atoms with Crippen molar-refractivity contribution in [2.45, 2.75) is 11.1 Å². The van der Waals surface area contributed by atoms with Crippen LogP contribution in [0.15, 0.2) is 65.8 Å². The minimum absolute atomic E-state index is 0.0343. The van der Waals surface area contributed by atoms with Gasteiger partial charge >= 0.3 is 6.18 Å². The summed E-state index contributed by atoms with van der Waals surface area (Å²) in [6.45, 7) is 0. The van der Waals surface area contributed by atoms with Gasteiger partial charge in [0.25, 0.3) is 10.0 Å². The first kappa shape index (κ1) is 16.5. The Morgan fingerprint density at radius 3 is 2.50 bits per heavy atom. The van der Waals surface area contributed by atoms with Gasteiger partial charge in [-0.15, -0.1) is 0 Å². The summed E-state index contributed by atoms with van der Waals surface area (Å²) in [4.78, 5) is 7.60. The number of rotatable bonds is 2. The number of hydrogen-bond donors (Lipinski definition) is 0. The summed E-state index contributed by atoms with van der Waals surface area (Å²) in [5.41, 5.74) is -0.786. The second kappa shape index (κ2) is 5.53. The van der Waals surface area contributed by atoms with E-state index in [0.717, 1.165) is 16.1 Å². The van der Waals surface area contributed by atoms with Crippen molar-refractivity contribution < 1.29 is 21.6 Å². The van der Waals surface area contributed by atoms with Crippen LogP contribution >= 0.6 is 0 Å². The monoisotopic (exact) mass is 377 g/mol. The van der Waals surface area contributed by atoms with Crippen LogP contribution in [0.5, 0.6) is 0 Å². The molecule has 0 saturated carbocycles. The highest BCUT2D eigenvalue weighted by atomic mass is 32.2. The molecule has 4 rings (SSSR count). The normalized spacial score (nSPS) is 12.7. The summed E-state index contributed by atoms with van der Waals surface area (Å²) in [6.07, 6.45) is -1.93. The third-order valence-electron chi connectivity index (χ3n) is 3.93. The van der Waals surface area contributed by atoms with Gasteiger partial charge in [0.1, 0.15) is 10.6 Å². The molecule has 0 N–H and O–H groups in total. The maximum atomic E-state index is 13.1. The van der Waals surface area contributed by atoms with E-state index < -0.39 is 21.9 Å². The fourth-order valence-electron chi connectivity index (χ4n) is 2.75. The molecule has 0 bridgehead atoms. The molecule has 0 atom stereocenters. The van der Waals surface area contributed by atoms with Crippen LogP contribution in [0.25, 0.3) is 21.9 Å². The van der Waals surface area contributed by atoms with Crippen molar-refractivity contribution in [1.29, 1.82) is 0 Å². The molecule has 3 aromatic heterocycles. The Bertz CT molecular complexity index is 1240. The van der Waals surface area contributed by atoms with Gasteiger partial charge in [-0.25, -0.2) is 17.4 Å². The van der Waals surface area contributed by atoms with Crippen LogP contribution < -0.4 is 0 Å². The third kappa shape index (κ3) is 2.51. The number of para-hydroxylation sites is 1. The first-order chi connectivity index (χ1) is 12.3. The highest BCUT2D eigenvalue weighted by molar-refractivity contribution is 7.90. The Kier molecular flexibility index (Phi) is 3.52. The van der Waals surface area contributed by atoms with Crippen molar-refractivity contribution in [3.05, 3.63) is 66.6 Å². The molecule has 0 amide bonds. The minimum atomic E-state index is -4.60. The predicted molar refractivity (Wildman–Crippen MR) is 89.1 cm³/mol. The summed E-state index contributed by atoms with van der Waals surface area (Å²) in [6, 6.07) is 11.2. The zero-order valence-corrected chi connectivity index (χ0v) is 13.8. The second-order valence-electron chi connectivity index (χ2n) is 5.55. The van der Waals surface area contributed by atoms with E-state index in [1.54, 1.807) is 24.3 Å². The molecule has 0 saturated heterocycles. The molecule has 132 valence electrons. The molecule has 1 aromatic carbocycles. The molecule has 0 unspecified atom stereocenters. The molecular weight excluding hydrogens is 367 g/mol. The Balaban J connectivity index is 1.94. The molecule has 0 aliphatic carbocycles. The lowest BCUT2D eigenvalue weighted by atomic mass is 10.2. The van der Waals surface area contributed by atoms with Crippen molar-refractivity contribution in [2.75, 3.05) is 0 Å². The standard InChI is InChI=1S/C17H10F3N3O2S/c18-17(19,20)15-7-6-13-12(22-15)8-10-23(13)26(24,25)14-5-1-3-11-4-2-9-21-16(11)14/h1-10H. The van der Waals surface area contributed by atoms with Gasteiger partial charge in [0.2, 0.25) is 0 Å². The van der Waals surface area contributed by atoms with Gasteiger partial charge in [0.15, 0.2) is 0 Å². The average Bonchev–Trinajstić information content (AvgIpc) is 3.04. The number of fused-ring (bicyclic) bond motifs is 2. The van der Waals surface area contributed by atoms with Crippen LogP contribution in [0.2, 0.25) is 0 Å². The molecule has 0 fully saturated rings. The van der Waals surface area contributed by atoms with E-state index in [2.05, 4.69) is 9.97 Å². The number of hydrogen-bond acceptors (Lipinski definition) is 4. The summed E-state index contributed by atoms with van der Waals surface area (Å²) in [7, 11) is -4.06. The Labute approximate surface area is 145 Å². The van der Waals surface area contributed by atoms with Crippen LogP contribution in [0.4, 0.5) is 13.2 Å². The molecule has 0 aliphatic rings. The maximum Gasteiger partial charge on any atom is 0.433 e. The Hall–Kier alpha value is -2.94. The van der Waals surface area contributed by atoms with Gasteiger partial charge in [-0.1, -0.05) is 18.2 Å². The number of alkyl halides is 3. The van der Waals surface area contributed by atoms with E-state index in [-0.39, 0.29) is 21.4 Å². The van der Waals surface area contributed by atoms with Gasteiger partial charge in [-0.05, 0) is 30.3 Å². The first-order valence-electron chi connectivity index (χ1n) is 7.43. The Morgan fingerprint density at radius 2 is 1.73 bits per heavy atom. The molecule has 26 heavy (non-hydrogen) atoms. The average molecular weight is 377 g/mol. The van der Waals surface area contributed by atoms with Crippen molar-refractivity contribution in [2.24, 2.45) is 0 Å². The van der Waals surface area contributed by atoms with Gasteiger partial charge < -0.3 is 0 Å². The zero-order valence-electron chi connectivity index (χ0n) is 13.0. The fraction of sp³-hybridized carbons (Fsp3) is 0.0588. The van der Waals surface area contributed by atoms with E-state index >= 15 is 0 Å². The van der Waals surface area contributed by atoms with E-state index in [9.17, 15) is 21.6 Å². The van der Waals surface area contributed by atoms with Crippen molar-refractivity contribution in [3.63, 3.8) is 0 Å². The largest absolute Gasteiger partial charge is 0.433 e. The van der Waals surface area contributed by atoms with Crippen LogP contribution in [0, 0.1) is 0 Å². The second-order valence-corrected chi connectivity index (χ2v) is 7.33. The van der Waals surface area contributed by atoms with Gasteiger partial charge in [0.05, 0.1) is 16.6 Å². The number of pyridine rings is 2. The van der Waals surface area contributed by atoms with Crippen molar-refractivity contribution >= 4 is 32.0 Å². The number of benzene rings is 1. The molecule has 0 spiro atoms. The lowest BCUT2D eigenvalue weighted by Crippen LogP contribution is -2.13. The summed E-state index contributed by atoms with van der Waals surface area (Å²) in [5, 5.41) is 0.641.